The third kappa shape index (κ3) is 3.53. The van der Waals surface area contributed by atoms with Gasteiger partial charge >= 0.3 is 0 Å². The summed E-state index contributed by atoms with van der Waals surface area (Å²) in [4.78, 5) is 11.4. The Bertz CT molecular complexity index is 352. The molecule has 0 atom stereocenters. The van der Waals surface area contributed by atoms with E-state index in [4.69, 9.17) is 11.6 Å². The number of nitrogens with one attached hydrogen (secondary N) is 2. The van der Waals surface area contributed by atoms with E-state index in [-0.39, 0.29) is 5.91 Å². The molecule has 0 aliphatic rings. The van der Waals surface area contributed by atoms with Crippen LogP contribution in [-0.4, -0.2) is 19.5 Å². The number of hydrogen-bond donors (Lipinski definition) is 2. The Kier molecular flexibility index (Phi) is 4.59. The van der Waals surface area contributed by atoms with Gasteiger partial charge in [0.05, 0.1) is 0 Å². The predicted octanol–water partition coefficient (Wildman–Crippen LogP) is 2.20. The predicted molar refractivity (Wildman–Crippen MR) is 63.4 cm³/mol. The van der Waals surface area contributed by atoms with Gasteiger partial charge in [-0.15, -0.1) is 0 Å². The number of amides is 1. The zero-order valence-electron chi connectivity index (χ0n) is 8.93. The van der Waals surface area contributed by atoms with Crippen molar-refractivity contribution in [3.05, 3.63) is 28.8 Å². The van der Waals surface area contributed by atoms with Gasteiger partial charge in [-0.1, -0.05) is 17.7 Å². The fourth-order valence-corrected chi connectivity index (χ4v) is 1.37. The lowest BCUT2D eigenvalue weighted by Crippen LogP contribution is -2.19. The molecule has 1 rings (SSSR count). The van der Waals surface area contributed by atoms with E-state index < -0.39 is 0 Å². The molecular weight excluding hydrogens is 212 g/mol. The molecule has 0 unspecified atom stereocenters. The first-order chi connectivity index (χ1) is 7.15. The third-order valence-corrected chi connectivity index (χ3v) is 2.55. The largest absolute Gasteiger partial charge is 0.326 e. The maximum absolute atomic E-state index is 11.4. The molecule has 15 heavy (non-hydrogen) atoms. The molecule has 0 fully saturated rings. The minimum atomic E-state index is -0.00489. The number of carbonyl (C=O) groups is 1. The molecule has 0 saturated heterocycles. The van der Waals surface area contributed by atoms with Gasteiger partial charge in [-0.3, -0.25) is 4.79 Å². The van der Waals surface area contributed by atoms with Gasteiger partial charge < -0.3 is 10.6 Å². The van der Waals surface area contributed by atoms with Gasteiger partial charge in [-0.25, -0.2) is 0 Å². The summed E-state index contributed by atoms with van der Waals surface area (Å²) >= 11 is 5.94. The summed E-state index contributed by atoms with van der Waals surface area (Å²) in [6.45, 7) is 2.56. The van der Waals surface area contributed by atoms with Crippen LogP contribution in [0.15, 0.2) is 18.2 Å². The molecule has 0 heterocycles. The molecule has 0 bridgehead atoms. The van der Waals surface area contributed by atoms with Crippen molar-refractivity contribution in [1.82, 2.24) is 5.32 Å². The molecule has 0 spiro atoms. The van der Waals surface area contributed by atoms with Crippen molar-refractivity contribution >= 4 is 23.2 Å². The molecule has 0 aromatic heterocycles. The summed E-state index contributed by atoms with van der Waals surface area (Å²) in [7, 11) is 1.82. The first kappa shape index (κ1) is 12.0. The van der Waals surface area contributed by atoms with Gasteiger partial charge in [0.1, 0.15) is 0 Å². The van der Waals surface area contributed by atoms with Crippen LogP contribution >= 0.6 is 11.6 Å². The maximum Gasteiger partial charge on any atom is 0.225 e. The van der Waals surface area contributed by atoms with E-state index in [0.717, 1.165) is 11.3 Å². The van der Waals surface area contributed by atoms with Gasteiger partial charge in [0.15, 0.2) is 0 Å². The summed E-state index contributed by atoms with van der Waals surface area (Å²) in [6, 6.07) is 5.47. The number of rotatable bonds is 4. The Balaban J connectivity index is 2.64. The Morgan fingerprint density at radius 2 is 2.20 bits per heavy atom. The van der Waals surface area contributed by atoms with Crippen LogP contribution in [0.25, 0.3) is 0 Å². The molecule has 82 valence electrons. The highest BCUT2D eigenvalue weighted by Gasteiger charge is 2.05. The van der Waals surface area contributed by atoms with Gasteiger partial charge in [0.2, 0.25) is 5.91 Å². The lowest BCUT2D eigenvalue weighted by atomic mass is 10.2. The van der Waals surface area contributed by atoms with E-state index >= 15 is 0 Å². The van der Waals surface area contributed by atoms with Crippen LogP contribution < -0.4 is 10.6 Å². The average molecular weight is 227 g/mol. The molecular formula is C11H15ClN2O. The molecule has 1 aromatic carbocycles. The SMILES string of the molecule is CNCCC(=O)Nc1cccc(Cl)c1C. The number of hydrogen-bond acceptors (Lipinski definition) is 2. The zero-order valence-corrected chi connectivity index (χ0v) is 9.69. The molecule has 4 heteroatoms. The van der Waals surface area contributed by atoms with Gasteiger partial charge in [-0.05, 0) is 31.7 Å². The van der Waals surface area contributed by atoms with Crippen molar-refractivity contribution in [3.63, 3.8) is 0 Å². The fraction of sp³-hybridized carbons (Fsp3) is 0.364. The van der Waals surface area contributed by atoms with E-state index in [0.29, 0.717) is 18.0 Å². The van der Waals surface area contributed by atoms with Crippen molar-refractivity contribution < 1.29 is 4.79 Å². The van der Waals surface area contributed by atoms with Crippen LogP contribution in [0.5, 0.6) is 0 Å². The van der Waals surface area contributed by atoms with Gasteiger partial charge in [0.25, 0.3) is 0 Å². The second-order valence-electron chi connectivity index (χ2n) is 3.31. The lowest BCUT2D eigenvalue weighted by molar-refractivity contribution is -0.116. The summed E-state index contributed by atoms with van der Waals surface area (Å²) in [6.07, 6.45) is 0.461. The molecule has 0 aliphatic heterocycles. The van der Waals surface area contributed by atoms with Crippen LogP contribution in [0.4, 0.5) is 5.69 Å². The minimum Gasteiger partial charge on any atom is -0.326 e. The van der Waals surface area contributed by atoms with Crippen molar-refractivity contribution in [2.45, 2.75) is 13.3 Å². The first-order valence-electron chi connectivity index (χ1n) is 4.84. The van der Waals surface area contributed by atoms with Crippen molar-refractivity contribution in [2.75, 3.05) is 18.9 Å². The molecule has 1 amide bonds. The van der Waals surface area contributed by atoms with Gasteiger partial charge in [-0.2, -0.15) is 0 Å². The number of halogens is 1. The van der Waals surface area contributed by atoms with Crippen molar-refractivity contribution in [3.8, 4) is 0 Å². The Morgan fingerprint density at radius 1 is 1.47 bits per heavy atom. The summed E-state index contributed by atoms with van der Waals surface area (Å²) in [5.74, 6) is -0.00489. The highest BCUT2D eigenvalue weighted by atomic mass is 35.5. The lowest BCUT2D eigenvalue weighted by Gasteiger charge is -2.09. The van der Waals surface area contributed by atoms with Crippen molar-refractivity contribution in [1.29, 1.82) is 0 Å². The van der Waals surface area contributed by atoms with Crippen LogP contribution in [-0.2, 0) is 4.79 Å². The standard InChI is InChI=1S/C11H15ClN2O/c1-8-9(12)4-3-5-10(8)14-11(15)6-7-13-2/h3-5,13H,6-7H2,1-2H3,(H,14,15). The topological polar surface area (TPSA) is 41.1 Å². The molecule has 0 saturated carbocycles. The van der Waals surface area contributed by atoms with E-state index in [1.165, 1.54) is 0 Å². The second-order valence-corrected chi connectivity index (χ2v) is 3.72. The molecule has 0 aliphatic carbocycles. The third-order valence-electron chi connectivity index (χ3n) is 2.14. The molecule has 0 radical (unpaired) electrons. The Morgan fingerprint density at radius 3 is 2.87 bits per heavy atom. The second kappa shape index (κ2) is 5.73. The quantitative estimate of drug-likeness (QED) is 0.827. The number of anilines is 1. The zero-order chi connectivity index (χ0) is 11.3. The van der Waals surface area contributed by atoms with Crippen LogP contribution in [0.1, 0.15) is 12.0 Å². The Hall–Kier alpha value is -1.06. The van der Waals surface area contributed by atoms with E-state index in [9.17, 15) is 4.79 Å². The van der Waals surface area contributed by atoms with E-state index in [1.54, 1.807) is 6.07 Å². The van der Waals surface area contributed by atoms with E-state index in [2.05, 4.69) is 10.6 Å². The smallest absolute Gasteiger partial charge is 0.225 e. The molecule has 2 N–H and O–H groups in total. The van der Waals surface area contributed by atoms with Crippen molar-refractivity contribution in [2.24, 2.45) is 0 Å². The normalized spacial score (nSPS) is 10.1. The Labute approximate surface area is 94.8 Å². The molecule has 3 nitrogen and oxygen atoms in total. The first-order valence-corrected chi connectivity index (χ1v) is 5.22. The number of benzene rings is 1. The summed E-state index contributed by atoms with van der Waals surface area (Å²) in [5, 5.41) is 6.41. The van der Waals surface area contributed by atoms with Crippen LogP contribution in [0.3, 0.4) is 0 Å². The molecule has 1 aromatic rings. The van der Waals surface area contributed by atoms with Gasteiger partial charge in [0, 0.05) is 23.7 Å². The highest BCUT2D eigenvalue weighted by molar-refractivity contribution is 6.31. The summed E-state index contributed by atoms with van der Waals surface area (Å²) in [5.41, 5.74) is 1.68. The fourth-order valence-electron chi connectivity index (χ4n) is 1.19. The minimum absolute atomic E-state index is 0.00489. The van der Waals surface area contributed by atoms with Crippen LogP contribution in [0, 0.1) is 6.92 Å². The average Bonchev–Trinajstić information content (AvgIpc) is 2.22. The van der Waals surface area contributed by atoms with Crippen LogP contribution in [0.2, 0.25) is 5.02 Å². The monoisotopic (exact) mass is 226 g/mol. The number of carbonyl (C=O) groups excluding carboxylic acids is 1. The van der Waals surface area contributed by atoms with E-state index in [1.807, 2.05) is 26.1 Å². The maximum atomic E-state index is 11.4. The summed E-state index contributed by atoms with van der Waals surface area (Å²) < 4.78 is 0. The highest BCUT2D eigenvalue weighted by Crippen LogP contribution is 2.22.